The smallest absolute Gasteiger partial charge is 0.190 e. The fraction of sp³-hybridized carbons (Fsp3) is 0.545. The third-order valence-electron chi connectivity index (χ3n) is 5.05. The van der Waals surface area contributed by atoms with Crippen LogP contribution in [0.5, 0.6) is 0 Å². The largest absolute Gasteiger partial charge is 0.356 e. The Morgan fingerprint density at radius 2 is 1.89 bits per heavy atom. The van der Waals surface area contributed by atoms with Crippen LogP contribution < -0.4 is 10.6 Å². The van der Waals surface area contributed by atoms with Crippen molar-refractivity contribution < 1.29 is 0 Å². The molecule has 2 N–H and O–H groups in total. The van der Waals surface area contributed by atoms with Crippen LogP contribution in [0.1, 0.15) is 36.7 Å². The van der Waals surface area contributed by atoms with Gasteiger partial charge in [0, 0.05) is 45.0 Å². The predicted octanol–water partition coefficient (Wildman–Crippen LogP) is 2.97. The molecule has 2 rings (SSSR count). The molecule has 0 radical (unpaired) electrons. The minimum atomic E-state index is 0.497. The molecule has 1 heterocycles. The molecular weight excluding hydrogens is 348 g/mol. The molecule has 6 heteroatoms. The first-order valence-corrected chi connectivity index (χ1v) is 10.2. The fourth-order valence-electron chi connectivity index (χ4n) is 3.20. The number of nitrogens with one attached hydrogen (secondary N) is 2. The summed E-state index contributed by atoms with van der Waals surface area (Å²) in [6.07, 6.45) is 2.08. The summed E-state index contributed by atoms with van der Waals surface area (Å²) in [4.78, 5) is 6.71. The Morgan fingerprint density at radius 1 is 1.18 bits per heavy atom. The van der Waals surface area contributed by atoms with Crippen LogP contribution in [-0.2, 0) is 13.1 Å². The first-order chi connectivity index (χ1) is 13.5. The standard InChI is InChI=1S/C22H36N6/c1-18-16-20(3)28(26-18)15-9-13-24-22(23-4)25-14-12-19(2)27(5)17-21-10-7-6-8-11-21/h6-8,10-11,16,19H,9,12-15,17H2,1-5H3,(H2,23,24,25). The number of hydrogen-bond acceptors (Lipinski definition) is 3. The highest BCUT2D eigenvalue weighted by molar-refractivity contribution is 5.79. The molecule has 0 bridgehead atoms. The zero-order valence-corrected chi connectivity index (χ0v) is 18.1. The minimum Gasteiger partial charge on any atom is -0.356 e. The molecule has 154 valence electrons. The van der Waals surface area contributed by atoms with Gasteiger partial charge in [-0.05, 0) is 52.3 Å². The molecular formula is C22H36N6. The van der Waals surface area contributed by atoms with E-state index in [2.05, 4.69) is 87.6 Å². The van der Waals surface area contributed by atoms with E-state index in [0.717, 1.165) is 50.7 Å². The van der Waals surface area contributed by atoms with Crippen LogP contribution in [-0.4, -0.2) is 53.9 Å². The monoisotopic (exact) mass is 384 g/mol. The van der Waals surface area contributed by atoms with Crippen LogP contribution in [0.25, 0.3) is 0 Å². The van der Waals surface area contributed by atoms with Gasteiger partial charge in [-0.15, -0.1) is 0 Å². The Labute approximate surface area is 170 Å². The van der Waals surface area contributed by atoms with E-state index in [9.17, 15) is 0 Å². The highest BCUT2D eigenvalue weighted by Gasteiger charge is 2.09. The number of aliphatic imine (C=N–C) groups is 1. The molecule has 0 aliphatic rings. The summed E-state index contributed by atoms with van der Waals surface area (Å²) in [7, 11) is 4.00. The van der Waals surface area contributed by atoms with Crippen LogP contribution in [0.2, 0.25) is 0 Å². The summed E-state index contributed by atoms with van der Waals surface area (Å²) >= 11 is 0. The molecule has 1 aromatic heterocycles. The van der Waals surface area contributed by atoms with Crippen LogP contribution in [0.3, 0.4) is 0 Å². The third kappa shape index (κ3) is 7.35. The van der Waals surface area contributed by atoms with Gasteiger partial charge in [0.2, 0.25) is 0 Å². The number of nitrogens with zero attached hydrogens (tertiary/aromatic N) is 4. The molecule has 0 fully saturated rings. The molecule has 0 aliphatic heterocycles. The molecule has 0 amide bonds. The van der Waals surface area contributed by atoms with E-state index >= 15 is 0 Å². The Hall–Kier alpha value is -2.34. The molecule has 1 unspecified atom stereocenters. The zero-order valence-electron chi connectivity index (χ0n) is 18.1. The van der Waals surface area contributed by atoms with Crippen LogP contribution >= 0.6 is 0 Å². The van der Waals surface area contributed by atoms with Gasteiger partial charge in [0.25, 0.3) is 0 Å². The first kappa shape index (κ1) is 22.0. The van der Waals surface area contributed by atoms with E-state index in [1.807, 2.05) is 14.0 Å². The van der Waals surface area contributed by atoms with Crippen molar-refractivity contribution in [2.45, 2.75) is 52.7 Å². The van der Waals surface area contributed by atoms with Crippen LogP contribution in [0.15, 0.2) is 41.4 Å². The molecule has 2 aromatic rings. The van der Waals surface area contributed by atoms with Crippen molar-refractivity contribution in [1.29, 1.82) is 0 Å². The van der Waals surface area contributed by atoms with E-state index in [-0.39, 0.29) is 0 Å². The molecule has 0 saturated carbocycles. The molecule has 1 aromatic carbocycles. The lowest BCUT2D eigenvalue weighted by Gasteiger charge is -2.25. The second-order valence-corrected chi connectivity index (χ2v) is 7.47. The van der Waals surface area contributed by atoms with Gasteiger partial charge in [-0.3, -0.25) is 14.6 Å². The van der Waals surface area contributed by atoms with E-state index in [1.165, 1.54) is 11.3 Å². The topological polar surface area (TPSA) is 57.5 Å². The number of aromatic nitrogens is 2. The fourth-order valence-corrected chi connectivity index (χ4v) is 3.20. The molecule has 28 heavy (non-hydrogen) atoms. The molecule has 0 saturated heterocycles. The number of aryl methyl sites for hydroxylation is 3. The van der Waals surface area contributed by atoms with E-state index < -0.39 is 0 Å². The van der Waals surface area contributed by atoms with Crippen molar-refractivity contribution in [2.75, 3.05) is 27.2 Å². The highest BCUT2D eigenvalue weighted by atomic mass is 15.3. The highest BCUT2D eigenvalue weighted by Crippen LogP contribution is 2.08. The van der Waals surface area contributed by atoms with Gasteiger partial charge in [-0.2, -0.15) is 5.10 Å². The zero-order chi connectivity index (χ0) is 20.4. The summed E-state index contributed by atoms with van der Waals surface area (Å²) in [5.41, 5.74) is 3.65. The first-order valence-electron chi connectivity index (χ1n) is 10.2. The van der Waals surface area contributed by atoms with E-state index in [4.69, 9.17) is 0 Å². The number of hydrogen-bond donors (Lipinski definition) is 2. The maximum Gasteiger partial charge on any atom is 0.190 e. The summed E-state index contributed by atoms with van der Waals surface area (Å²) < 4.78 is 2.07. The lowest BCUT2D eigenvalue weighted by Crippen LogP contribution is -2.40. The number of rotatable bonds is 10. The van der Waals surface area contributed by atoms with Gasteiger partial charge in [-0.1, -0.05) is 30.3 Å². The molecule has 0 aliphatic carbocycles. The van der Waals surface area contributed by atoms with Gasteiger partial charge >= 0.3 is 0 Å². The predicted molar refractivity (Wildman–Crippen MR) is 118 cm³/mol. The Morgan fingerprint density at radius 3 is 2.54 bits per heavy atom. The minimum absolute atomic E-state index is 0.497. The van der Waals surface area contributed by atoms with Crippen molar-refractivity contribution >= 4 is 5.96 Å². The average molecular weight is 385 g/mol. The van der Waals surface area contributed by atoms with Crippen molar-refractivity contribution in [1.82, 2.24) is 25.3 Å². The molecule has 1 atom stereocenters. The SMILES string of the molecule is CN=C(NCCCn1nc(C)cc1C)NCCC(C)N(C)Cc1ccccc1. The Bertz CT molecular complexity index is 722. The second kappa shape index (κ2) is 11.5. The van der Waals surface area contributed by atoms with Gasteiger partial charge in [0.1, 0.15) is 0 Å². The van der Waals surface area contributed by atoms with Crippen molar-refractivity contribution in [3.8, 4) is 0 Å². The summed E-state index contributed by atoms with van der Waals surface area (Å²) in [5, 5.41) is 11.3. The second-order valence-electron chi connectivity index (χ2n) is 7.47. The Kier molecular flexibility index (Phi) is 9.01. The summed E-state index contributed by atoms with van der Waals surface area (Å²) in [6, 6.07) is 13.2. The summed E-state index contributed by atoms with van der Waals surface area (Å²) in [5.74, 6) is 0.867. The van der Waals surface area contributed by atoms with E-state index in [1.54, 1.807) is 0 Å². The van der Waals surface area contributed by atoms with Gasteiger partial charge in [0.05, 0.1) is 5.69 Å². The average Bonchev–Trinajstić information content (AvgIpc) is 3.01. The van der Waals surface area contributed by atoms with Gasteiger partial charge in [-0.25, -0.2) is 0 Å². The number of benzene rings is 1. The van der Waals surface area contributed by atoms with Crippen molar-refractivity contribution in [3.63, 3.8) is 0 Å². The van der Waals surface area contributed by atoms with E-state index in [0.29, 0.717) is 6.04 Å². The lowest BCUT2D eigenvalue weighted by atomic mass is 10.1. The van der Waals surface area contributed by atoms with Crippen molar-refractivity contribution in [2.24, 2.45) is 4.99 Å². The summed E-state index contributed by atoms with van der Waals surface area (Å²) in [6.45, 7) is 10.1. The molecule has 0 spiro atoms. The van der Waals surface area contributed by atoms with Crippen LogP contribution in [0, 0.1) is 13.8 Å². The van der Waals surface area contributed by atoms with Crippen molar-refractivity contribution in [3.05, 3.63) is 53.3 Å². The molecule has 6 nitrogen and oxygen atoms in total. The maximum absolute atomic E-state index is 4.50. The normalized spacial score (nSPS) is 13.0. The van der Waals surface area contributed by atoms with Gasteiger partial charge < -0.3 is 10.6 Å². The quantitative estimate of drug-likeness (QED) is 0.376. The third-order valence-corrected chi connectivity index (χ3v) is 5.05. The van der Waals surface area contributed by atoms with Crippen LogP contribution in [0.4, 0.5) is 0 Å². The van der Waals surface area contributed by atoms with Gasteiger partial charge in [0.15, 0.2) is 5.96 Å². The maximum atomic E-state index is 4.50. The number of guanidine groups is 1. The lowest BCUT2D eigenvalue weighted by molar-refractivity contribution is 0.238. The Balaban J connectivity index is 1.62.